The maximum atomic E-state index is 13.5. The second kappa shape index (κ2) is 14.6. The summed E-state index contributed by atoms with van der Waals surface area (Å²) in [7, 11) is 5.28. The Morgan fingerprint density at radius 3 is 2.56 bits per heavy atom. The van der Waals surface area contributed by atoms with Crippen LogP contribution in [0.1, 0.15) is 29.4 Å². The largest absolute Gasteiger partial charge is 0.434 e. The Kier molecular flexibility index (Phi) is 10.9. The number of urea groups is 1. The third kappa shape index (κ3) is 8.23. The minimum absolute atomic E-state index is 0.0216. The number of benzene rings is 1. The van der Waals surface area contributed by atoms with Gasteiger partial charge in [-0.25, -0.2) is 14.8 Å². The van der Waals surface area contributed by atoms with Crippen LogP contribution in [0.2, 0.25) is 0 Å². The summed E-state index contributed by atoms with van der Waals surface area (Å²) >= 11 is 0.807. The summed E-state index contributed by atoms with van der Waals surface area (Å²) in [5.41, 5.74) is 0.230. The van der Waals surface area contributed by atoms with E-state index in [4.69, 9.17) is 4.74 Å². The SMILES string of the molecule is CCCNC(=O)Nc1cc(-c2nc(C(F)(F)F)cs2)c(-c2ccc3c(=O)c(C(=O)NCCN(C)C)cn(CCOC)c3c2)cn1. The van der Waals surface area contributed by atoms with Gasteiger partial charge in [0.2, 0.25) is 5.43 Å². The first-order valence-electron chi connectivity index (χ1n) is 14.1. The smallest absolute Gasteiger partial charge is 0.383 e. The van der Waals surface area contributed by atoms with Gasteiger partial charge in [-0.05, 0) is 44.3 Å². The van der Waals surface area contributed by atoms with Crippen LogP contribution >= 0.6 is 11.3 Å². The highest BCUT2D eigenvalue weighted by Crippen LogP contribution is 2.39. The van der Waals surface area contributed by atoms with E-state index in [1.807, 2.05) is 25.9 Å². The number of ether oxygens (including phenoxy) is 1. The number of pyridine rings is 2. The van der Waals surface area contributed by atoms with Crippen molar-refractivity contribution in [1.29, 1.82) is 0 Å². The van der Waals surface area contributed by atoms with Crippen molar-refractivity contribution in [3.8, 4) is 21.7 Å². The molecule has 240 valence electrons. The number of carbonyl (C=O) groups excluding carboxylic acids is 2. The topological polar surface area (TPSA) is 130 Å². The monoisotopic (exact) mass is 645 g/mol. The minimum atomic E-state index is -4.64. The lowest BCUT2D eigenvalue weighted by Gasteiger charge is -2.16. The van der Waals surface area contributed by atoms with Gasteiger partial charge in [-0.15, -0.1) is 11.3 Å². The molecule has 0 radical (unpaired) electrons. The summed E-state index contributed by atoms with van der Waals surface area (Å²) in [5, 5.41) is 9.31. The Labute approximate surface area is 261 Å². The lowest BCUT2D eigenvalue weighted by Crippen LogP contribution is -2.34. The van der Waals surface area contributed by atoms with E-state index in [9.17, 15) is 27.6 Å². The first kappa shape index (κ1) is 33.6. The molecule has 3 amide bonds. The average molecular weight is 646 g/mol. The van der Waals surface area contributed by atoms with Crippen LogP contribution in [0.25, 0.3) is 32.6 Å². The summed E-state index contributed by atoms with van der Waals surface area (Å²) in [6.45, 7) is 3.88. The molecule has 0 aliphatic heterocycles. The van der Waals surface area contributed by atoms with Crippen LogP contribution in [0.15, 0.2) is 46.8 Å². The van der Waals surface area contributed by atoms with Crippen LogP contribution in [0, 0.1) is 0 Å². The minimum Gasteiger partial charge on any atom is -0.383 e. The number of anilines is 1. The number of aromatic nitrogens is 3. The van der Waals surface area contributed by atoms with Gasteiger partial charge in [0.25, 0.3) is 5.91 Å². The first-order chi connectivity index (χ1) is 21.4. The van der Waals surface area contributed by atoms with Gasteiger partial charge in [-0.2, -0.15) is 13.2 Å². The van der Waals surface area contributed by atoms with Crippen molar-refractivity contribution in [3.05, 3.63) is 63.5 Å². The highest BCUT2D eigenvalue weighted by Gasteiger charge is 2.34. The molecule has 0 atom stereocenters. The fourth-order valence-electron chi connectivity index (χ4n) is 4.44. The molecule has 15 heteroatoms. The maximum absolute atomic E-state index is 13.5. The van der Waals surface area contributed by atoms with Gasteiger partial charge in [0.05, 0.1) is 12.1 Å². The zero-order valence-corrected chi connectivity index (χ0v) is 26.1. The number of thiazole rings is 1. The van der Waals surface area contributed by atoms with Crippen LogP contribution in [0.4, 0.5) is 23.8 Å². The molecule has 1 aromatic carbocycles. The van der Waals surface area contributed by atoms with Crippen LogP contribution in [0.3, 0.4) is 0 Å². The molecule has 11 nitrogen and oxygen atoms in total. The quantitative estimate of drug-likeness (QED) is 0.204. The lowest BCUT2D eigenvalue weighted by molar-refractivity contribution is -0.140. The van der Waals surface area contributed by atoms with Crippen molar-refractivity contribution >= 4 is 40.0 Å². The van der Waals surface area contributed by atoms with E-state index in [-0.39, 0.29) is 28.4 Å². The number of alkyl halides is 3. The number of hydrogen-bond acceptors (Lipinski definition) is 8. The summed E-state index contributed by atoms with van der Waals surface area (Å²) < 4.78 is 47.4. The predicted octanol–water partition coefficient (Wildman–Crippen LogP) is 4.68. The number of amides is 3. The molecule has 3 N–H and O–H groups in total. The summed E-state index contributed by atoms with van der Waals surface area (Å²) in [6.07, 6.45) is -1.01. The van der Waals surface area contributed by atoms with Crippen molar-refractivity contribution < 1.29 is 27.5 Å². The molecule has 0 fully saturated rings. The van der Waals surface area contributed by atoms with Crippen molar-refractivity contribution in [1.82, 2.24) is 30.1 Å². The van der Waals surface area contributed by atoms with Gasteiger partial charge >= 0.3 is 12.2 Å². The Morgan fingerprint density at radius 1 is 1.11 bits per heavy atom. The Balaban J connectivity index is 1.83. The zero-order valence-electron chi connectivity index (χ0n) is 25.2. The average Bonchev–Trinajstić information content (AvgIpc) is 3.51. The molecule has 3 aromatic heterocycles. The van der Waals surface area contributed by atoms with Crippen molar-refractivity contribution in [2.24, 2.45) is 0 Å². The Bertz CT molecular complexity index is 1740. The molecule has 0 saturated heterocycles. The van der Waals surface area contributed by atoms with Crippen LogP contribution in [-0.4, -0.2) is 78.8 Å². The third-order valence-corrected chi connectivity index (χ3v) is 7.60. The fraction of sp³-hybridized carbons (Fsp3) is 0.367. The van der Waals surface area contributed by atoms with Crippen molar-refractivity contribution in [2.45, 2.75) is 26.1 Å². The molecule has 0 unspecified atom stereocenters. The Morgan fingerprint density at radius 2 is 1.89 bits per heavy atom. The summed E-state index contributed by atoms with van der Waals surface area (Å²) in [4.78, 5) is 48.7. The third-order valence-electron chi connectivity index (χ3n) is 6.72. The number of nitrogens with zero attached hydrogens (tertiary/aromatic N) is 4. The van der Waals surface area contributed by atoms with E-state index in [1.165, 1.54) is 25.6 Å². The van der Waals surface area contributed by atoms with Crippen LogP contribution in [0.5, 0.6) is 0 Å². The normalized spacial score (nSPS) is 11.6. The number of carbonyl (C=O) groups is 2. The second-order valence-electron chi connectivity index (χ2n) is 10.4. The summed E-state index contributed by atoms with van der Waals surface area (Å²) in [6, 6.07) is 5.87. The Hall–Kier alpha value is -4.34. The molecule has 3 heterocycles. The van der Waals surface area contributed by atoms with E-state index in [1.54, 1.807) is 22.8 Å². The summed E-state index contributed by atoms with van der Waals surface area (Å²) in [5.74, 6) is -0.380. The number of fused-ring (bicyclic) bond motifs is 1. The molecular formula is C30H34F3N7O4S. The van der Waals surface area contributed by atoms with E-state index in [0.717, 1.165) is 16.7 Å². The van der Waals surface area contributed by atoms with Crippen molar-refractivity contribution in [3.63, 3.8) is 0 Å². The molecule has 0 spiro atoms. The zero-order chi connectivity index (χ0) is 32.7. The van der Waals surface area contributed by atoms with Gasteiger partial charge < -0.3 is 24.8 Å². The van der Waals surface area contributed by atoms with E-state index < -0.39 is 29.2 Å². The lowest BCUT2D eigenvalue weighted by atomic mass is 9.99. The molecule has 0 aliphatic carbocycles. The second-order valence-corrected chi connectivity index (χ2v) is 11.2. The number of hydrogen-bond donors (Lipinski definition) is 3. The molecule has 0 bridgehead atoms. The number of nitrogens with one attached hydrogen (secondary N) is 3. The van der Waals surface area contributed by atoms with Gasteiger partial charge in [0.15, 0.2) is 5.69 Å². The molecule has 0 saturated carbocycles. The predicted molar refractivity (Wildman–Crippen MR) is 168 cm³/mol. The van der Waals surface area contributed by atoms with Gasteiger partial charge in [0.1, 0.15) is 16.4 Å². The van der Waals surface area contributed by atoms with Gasteiger partial charge in [-0.3, -0.25) is 14.9 Å². The van der Waals surface area contributed by atoms with E-state index >= 15 is 0 Å². The highest BCUT2D eigenvalue weighted by molar-refractivity contribution is 7.13. The van der Waals surface area contributed by atoms with E-state index in [0.29, 0.717) is 54.8 Å². The standard InChI is InChI=1S/C30H34F3N7O4S/c1-5-8-35-29(43)38-25-14-20(28-37-24(17-45-28)30(31,32)33)21(15-36-25)18-6-7-19-23(13-18)40(11-12-44-4)16-22(26(19)41)27(42)34-9-10-39(2)3/h6-7,13-17H,5,8-12H2,1-4H3,(H,34,42)(H2,35,36,38,43). The molecule has 0 aliphatic rings. The fourth-order valence-corrected chi connectivity index (χ4v) is 5.30. The van der Waals surface area contributed by atoms with Crippen LogP contribution in [-0.2, 0) is 17.5 Å². The maximum Gasteiger partial charge on any atom is 0.434 e. The number of methoxy groups -OCH3 is 1. The number of rotatable bonds is 12. The van der Waals surface area contributed by atoms with Crippen LogP contribution < -0.4 is 21.4 Å². The molecule has 4 rings (SSSR count). The molecule has 45 heavy (non-hydrogen) atoms. The van der Waals surface area contributed by atoms with Gasteiger partial charge in [-0.1, -0.05) is 13.0 Å². The number of halogens is 3. The molecule has 4 aromatic rings. The van der Waals surface area contributed by atoms with Gasteiger partial charge in [0, 0.05) is 67.6 Å². The number of likely N-dealkylation sites (N-methyl/N-ethyl adjacent to an activating group) is 1. The molecular weight excluding hydrogens is 611 g/mol. The van der Waals surface area contributed by atoms with Crippen molar-refractivity contribution in [2.75, 3.05) is 52.8 Å². The highest BCUT2D eigenvalue weighted by atomic mass is 32.1. The van der Waals surface area contributed by atoms with E-state index in [2.05, 4.69) is 25.9 Å². The first-order valence-corrected chi connectivity index (χ1v) is 15.0.